The first kappa shape index (κ1) is 14.7. The van der Waals surface area contributed by atoms with Crippen LogP contribution in [-0.4, -0.2) is 23.1 Å². The van der Waals surface area contributed by atoms with Gasteiger partial charge in [0.1, 0.15) is 6.10 Å². The second-order valence-electron chi connectivity index (χ2n) is 5.32. The third-order valence-corrected chi connectivity index (χ3v) is 3.48. The van der Waals surface area contributed by atoms with E-state index in [4.69, 9.17) is 9.84 Å². The topological polar surface area (TPSA) is 63.6 Å². The molecule has 2 atom stereocenters. The normalized spacial score (nSPS) is 24.1. The zero-order valence-electron chi connectivity index (χ0n) is 11.1. The maximum Gasteiger partial charge on any atom is 0.306 e. The van der Waals surface area contributed by atoms with Gasteiger partial charge in [0.25, 0.3) is 0 Å². The van der Waals surface area contributed by atoms with E-state index in [0.717, 1.165) is 18.4 Å². The molecule has 1 rings (SSSR count). The predicted octanol–water partition coefficient (Wildman–Crippen LogP) is 2.78. The molecular weight excluding hydrogens is 232 g/mol. The summed E-state index contributed by atoms with van der Waals surface area (Å²) in [5.41, 5.74) is 1.11. The fraction of sp³-hybridized carbons (Fsp3) is 0.714. The van der Waals surface area contributed by atoms with Crippen molar-refractivity contribution in [3.05, 3.63) is 12.2 Å². The van der Waals surface area contributed by atoms with Crippen molar-refractivity contribution in [2.75, 3.05) is 0 Å². The molecule has 0 aliphatic heterocycles. The van der Waals surface area contributed by atoms with Gasteiger partial charge < -0.3 is 9.84 Å². The van der Waals surface area contributed by atoms with Gasteiger partial charge in [0.05, 0.1) is 12.8 Å². The number of hydrogen-bond acceptors (Lipinski definition) is 3. The summed E-state index contributed by atoms with van der Waals surface area (Å²) >= 11 is 0. The Hall–Kier alpha value is -1.32. The second kappa shape index (κ2) is 6.57. The van der Waals surface area contributed by atoms with Gasteiger partial charge in [0.15, 0.2) is 0 Å². The van der Waals surface area contributed by atoms with Crippen molar-refractivity contribution in [3.63, 3.8) is 0 Å². The molecule has 1 unspecified atom stereocenters. The molecule has 0 amide bonds. The number of esters is 1. The van der Waals surface area contributed by atoms with Crippen LogP contribution >= 0.6 is 0 Å². The molecule has 1 aliphatic carbocycles. The lowest BCUT2D eigenvalue weighted by Crippen LogP contribution is -2.34. The van der Waals surface area contributed by atoms with Gasteiger partial charge >= 0.3 is 11.9 Å². The van der Waals surface area contributed by atoms with Crippen molar-refractivity contribution in [1.82, 2.24) is 0 Å². The molecule has 0 aromatic heterocycles. The van der Waals surface area contributed by atoms with Gasteiger partial charge in [-0.1, -0.05) is 26.0 Å². The van der Waals surface area contributed by atoms with Crippen molar-refractivity contribution in [2.24, 2.45) is 11.8 Å². The van der Waals surface area contributed by atoms with Crippen LogP contribution in [0.4, 0.5) is 0 Å². The van der Waals surface area contributed by atoms with Gasteiger partial charge in [-0.25, -0.2) is 0 Å². The lowest BCUT2D eigenvalue weighted by molar-refractivity contribution is -0.156. The van der Waals surface area contributed by atoms with Crippen molar-refractivity contribution < 1.29 is 19.4 Å². The summed E-state index contributed by atoms with van der Waals surface area (Å²) in [6.45, 7) is 8.20. The van der Waals surface area contributed by atoms with E-state index in [9.17, 15) is 9.59 Å². The molecule has 0 heterocycles. The van der Waals surface area contributed by atoms with Crippen LogP contribution in [0, 0.1) is 11.8 Å². The van der Waals surface area contributed by atoms with Crippen molar-refractivity contribution in [1.29, 1.82) is 0 Å². The zero-order valence-corrected chi connectivity index (χ0v) is 11.1. The molecule has 102 valence electrons. The van der Waals surface area contributed by atoms with Gasteiger partial charge in [-0.05, 0) is 24.7 Å². The Kier molecular flexibility index (Phi) is 5.38. The van der Waals surface area contributed by atoms with Gasteiger partial charge in [0, 0.05) is 6.42 Å². The molecule has 4 nitrogen and oxygen atoms in total. The highest BCUT2D eigenvalue weighted by molar-refractivity contribution is 5.76. The number of hydrogen-bond donors (Lipinski definition) is 1. The summed E-state index contributed by atoms with van der Waals surface area (Å²) in [7, 11) is 0. The maximum atomic E-state index is 11.6. The van der Waals surface area contributed by atoms with Gasteiger partial charge in [-0.3, -0.25) is 9.59 Å². The Labute approximate surface area is 108 Å². The number of carbonyl (C=O) groups excluding carboxylic acids is 1. The third-order valence-electron chi connectivity index (χ3n) is 3.48. The van der Waals surface area contributed by atoms with E-state index in [1.807, 2.05) is 0 Å². The smallest absolute Gasteiger partial charge is 0.306 e. The van der Waals surface area contributed by atoms with E-state index in [0.29, 0.717) is 18.3 Å². The lowest BCUT2D eigenvalue weighted by atomic mass is 9.77. The average Bonchev–Trinajstić information content (AvgIpc) is 2.26. The Balaban J connectivity index is 2.52. The first-order valence-electron chi connectivity index (χ1n) is 6.48. The van der Waals surface area contributed by atoms with E-state index in [2.05, 4.69) is 20.4 Å². The number of carbonyl (C=O) groups is 2. The minimum Gasteiger partial charge on any atom is -0.481 e. The lowest BCUT2D eigenvalue weighted by Gasteiger charge is -2.34. The molecule has 4 heteroatoms. The maximum absolute atomic E-state index is 11.6. The van der Waals surface area contributed by atoms with Gasteiger partial charge in [-0.15, -0.1) is 0 Å². The number of rotatable bonds is 5. The zero-order chi connectivity index (χ0) is 13.7. The first-order chi connectivity index (χ1) is 8.40. The molecule has 18 heavy (non-hydrogen) atoms. The third kappa shape index (κ3) is 4.51. The van der Waals surface area contributed by atoms with Crippen molar-refractivity contribution >= 4 is 11.9 Å². The van der Waals surface area contributed by atoms with Crippen LogP contribution in [0.2, 0.25) is 0 Å². The van der Waals surface area contributed by atoms with Crippen LogP contribution in [-0.2, 0) is 14.3 Å². The van der Waals surface area contributed by atoms with Gasteiger partial charge in [0.2, 0.25) is 0 Å². The molecule has 0 bridgehead atoms. The number of carboxylic acid groups (broad SMARTS) is 1. The van der Waals surface area contributed by atoms with Gasteiger partial charge in [-0.2, -0.15) is 0 Å². The minimum absolute atomic E-state index is 0.0525. The minimum atomic E-state index is -0.972. The van der Waals surface area contributed by atoms with E-state index in [1.165, 1.54) is 0 Å². The van der Waals surface area contributed by atoms with Crippen LogP contribution in [0.1, 0.15) is 46.0 Å². The summed E-state index contributed by atoms with van der Waals surface area (Å²) < 4.78 is 5.42. The second-order valence-corrected chi connectivity index (χ2v) is 5.32. The standard InChI is InChI=1S/C14H22O4/c1-9(2)11-5-4-10(3)8-12(11)18-14(17)7-6-13(15)16/h9,11-12H,3-8H2,1-2H3,(H,15,16)/t11-,12?/m0/s1. The largest absolute Gasteiger partial charge is 0.481 e. The Morgan fingerprint density at radius 2 is 2.11 bits per heavy atom. The Morgan fingerprint density at radius 1 is 1.44 bits per heavy atom. The predicted molar refractivity (Wildman–Crippen MR) is 68.1 cm³/mol. The molecule has 1 saturated carbocycles. The Morgan fingerprint density at radius 3 is 2.67 bits per heavy atom. The van der Waals surface area contributed by atoms with E-state index in [-0.39, 0.29) is 18.9 Å². The van der Waals surface area contributed by atoms with Crippen LogP contribution in [0.15, 0.2) is 12.2 Å². The van der Waals surface area contributed by atoms with E-state index >= 15 is 0 Å². The van der Waals surface area contributed by atoms with E-state index < -0.39 is 11.9 Å². The van der Waals surface area contributed by atoms with Crippen LogP contribution in [0.3, 0.4) is 0 Å². The SMILES string of the molecule is C=C1CC[C@@H](C(C)C)C(OC(=O)CCC(=O)O)C1. The van der Waals surface area contributed by atoms with Crippen molar-refractivity contribution in [3.8, 4) is 0 Å². The summed E-state index contributed by atoms with van der Waals surface area (Å²) in [5.74, 6) is -0.581. The molecule has 1 aliphatic rings. The highest BCUT2D eigenvalue weighted by atomic mass is 16.5. The first-order valence-corrected chi connectivity index (χ1v) is 6.48. The fourth-order valence-electron chi connectivity index (χ4n) is 2.42. The quantitative estimate of drug-likeness (QED) is 0.605. The summed E-state index contributed by atoms with van der Waals surface area (Å²) in [5, 5.41) is 8.53. The number of carboxylic acids is 1. The molecule has 0 aromatic carbocycles. The summed E-state index contributed by atoms with van der Waals surface area (Å²) in [4.78, 5) is 22.0. The highest BCUT2D eigenvalue weighted by Crippen LogP contribution is 2.34. The molecule has 0 spiro atoms. The van der Waals surface area contributed by atoms with Crippen LogP contribution in [0.25, 0.3) is 0 Å². The fourth-order valence-corrected chi connectivity index (χ4v) is 2.42. The molecule has 1 fully saturated rings. The average molecular weight is 254 g/mol. The number of ether oxygens (including phenoxy) is 1. The van der Waals surface area contributed by atoms with E-state index in [1.54, 1.807) is 0 Å². The summed E-state index contributed by atoms with van der Waals surface area (Å²) in [6, 6.07) is 0. The number of aliphatic carboxylic acids is 1. The summed E-state index contributed by atoms with van der Waals surface area (Å²) in [6.07, 6.45) is 2.34. The highest BCUT2D eigenvalue weighted by Gasteiger charge is 2.31. The molecule has 0 radical (unpaired) electrons. The van der Waals surface area contributed by atoms with Crippen LogP contribution in [0.5, 0.6) is 0 Å². The monoisotopic (exact) mass is 254 g/mol. The van der Waals surface area contributed by atoms with Crippen molar-refractivity contribution in [2.45, 2.75) is 52.1 Å². The molecule has 1 N–H and O–H groups in total. The Bertz CT molecular complexity index is 333. The molecule has 0 saturated heterocycles. The van der Waals surface area contributed by atoms with Crippen LogP contribution < -0.4 is 0 Å². The molecule has 0 aromatic rings. The molecular formula is C14H22O4.